The molecule has 9 heteroatoms. The number of carbonyl (C=O) groups excluding carboxylic acids is 2. The van der Waals surface area contributed by atoms with Crippen molar-refractivity contribution in [2.24, 2.45) is 0 Å². The van der Waals surface area contributed by atoms with E-state index in [1.807, 2.05) is 6.26 Å². The summed E-state index contributed by atoms with van der Waals surface area (Å²) in [6.45, 7) is 0.404. The van der Waals surface area contributed by atoms with E-state index in [4.69, 9.17) is 4.52 Å². The van der Waals surface area contributed by atoms with Crippen LogP contribution in [0.2, 0.25) is 0 Å². The van der Waals surface area contributed by atoms with Crippen molar-refractivity contribution in [3.8, 4) is 0 Å². The van der Waals surface area contributed by atoms with Gasteiger partial charge in [0.25, 0.3) is 5.24 Å². The Kier molecular flexibility index (Phi) is 4.09. The molecule has 1 aliphatic heterocycles. The summed E-state index contributed by atoms with van der Waals surface area (Å²) in [5.41, 5.74) is -0.835. The molecule has 22 heavy (non-hydrogen) atoms. The second-order valence-electron chi connectivity index (χ2n) is 4.67. The van der Waals surface area contributed by atoms with Crippen molar-refractivity contribution >= 4 is 51.8 Å². The highest BCUT2D eigenvalue weighted by Crippen LogP contribution is 2.36. The number of rotatable bonds is 4. The minimum Gasteiger partial charge on any atom is -0.351 e. The summed E-state index contributed by atoms with van der Waals surface area (Å²) < 4.78 is 32.3. The van der Waals surface area contributed by atoms with Gasteiger partial charge in [0.05, 0.1) is 10.9 Å². The fourth-order valence-corrected chi connectivity index (χ4v) is 4.22. The van der Waals surface area contributed by atoms with E-state index in [1.165, 1.54) is 16.7 Å². The van der Waals surface area contributed by atoms with Gasteiger partial charge in [0.15, 0.2) is 17.9 Å². The van der Waals surface area contributed by atoms with Gasteiger partial charge in [0, 0.05) is 17.5 Å². The van der Waals surface area contributed by atoms with E-state index in [1.54, 1.807) is 11.8 Å². The Hall–Kier alpha value is -1.61. The van der Waals surface area contributed by atoms with Crippen molar-refractivity contribution in [3.63, 3.8) is 0 Å². The number of hydrogen-bond acceptors (Lipinski definition) is 6. The molecule has 5 nitrogen and oxygen atoms in total. The van der Waals surface area contributed by atoms with Crippen LogP contribution in [-0.4, -0.2) is 40.5 Å². The molecular formula is C13H10F2N2O3S2. The van der Waals surface area contributed by atoms with Crippen molar-refractivity contribution in [1.82, 2.24) is 5.16 Å². The zero-order chi connectivity index (χ0) is 15.9. The monoisotopic (exact) mass is 344 g/mol. The molecule has 0 radical (unpaired) electrons. The number of amides is 1. The minimum atomic E-state index is -1.28. The van der Waals surface area contributed by atoms with Crippen molar-refractivity contribution < 1.29 is 22.9 Å². The predicted molar refractivity (Wildman–Crippen MR) is 81.8 cm³/mol. The summed E-state index contributed by atoms with van der Waals surface area (Å²) in [7, 11) is 0. The molecule has 0 N–H and O–H groups in total. The van der Waals surface area contributed by atoms with Crippen LogP contribution in [0, 0.1) is 11.6 Å². The first kappa shape index (κ1) is 15.3. The summed E-state index contributed by atoms with van der Waals surface area (Å²) >= 11 is 2.78. The van der Waals surface area contributed by atoms with Gasteiger partial charge in [-0.1, -0.05) is 16.9 Å². The van der Waals surface area contributed by atoms with Crippen LogP contribution in [-0.2, 0) is 0 Å². The second-order valence-corrected chi connectivity index (χ2v) is 6.83. The summed E-state index contributed by atoms with van der Waals surface area (Å²) in [5, 5.41) is 3.66. The van der Waals surface area contributed by atoms with Crippen molar-refractivity contribution in [3.05, 3.63) is 23.3 Å². The lowest BCUT2D eigenvalue weighted by molar-refractivity contribution is 0.111. The molecule has 1 aromatic carbocycles. The third-order valence-electron chi connectivity index (χ3n) is 3.26. The van der Waals surface area contributed by atoms with Crippen molar-refractivity contribution in [2.75, 3.05) is 23.5 Å². The number of nitrogens with zero attached hydrogens (tertiary/aromatic N) is 2. The lowest BCUT2D eigenvalue weighted by atomic mass is 10.1. The SMILES string of the molecule is CSCC1CN(c2noc3c(F)c(F)c(C=O)cc23)C(=O)S1. The largest absolute Gasteiger partial charge is 0.351 e. The van der Waals surface area contributed by atoms with E-state index in [2.05, 4.69) is 5.16 Å². The van der Waals surface area contributed by atoms with Gasteiger partial charge in [-0.25, -0.2) is 4.39 Å². The Balaban J connectivity index is 2.07. The van der Waals surface area contributed by atoms with Gasteiger partial charge in [0.1, 0.15) is 0 Å². The first-order chi connectivity index (χ1) is 10.6. The van der Waals surface area contributed by atoms with Crippen LogP contribution in [0.25, 0.3) is 11.0 Å². The molecular weight excluding hydrogens is 334 g/mol. The standard InChI is InChI=1S/C13H10F2N2O3S2/c1-21-5-7-3-17(13(19)22-7)12-8-2-6(4-18)9(14)10(15)11(8)20-16-12/h2,4,7H,3,5H2,1H3. The van der Waals surface area contributed by atoms with E-state index < -0.39 is 22.8 Å². The molecule has 0 spiro atoms. The summed E-state index contributed by atoms with van der Waals surface area (Å²) in [5.74, 6) is -1.67. The predicted octanol–water partition coefficient (Wildman–Crippen LogP) is 3.32. The number of aldehydes is 1. The molecule has 3 rings (SSSR count). The van der Waals surface area contributed by atoms with Gasteiger partial charge in [-0.05, 0) is 12.3 Å². The third kappa shape index (κ3) is 2.38. The van der Waals surface area contributed by atoms with Crippen LogP contribution in [0.15, 0.2) is 10.6 Å². The zero-order valence-corrected chi connectivity index (χ0v) is 13.0. The average molecular weight is 344 g/mol. The number of halogens is 2. The van der Waals surface area contributed by atoms with E-state index >= 15 is 0 Å². The summed E-state index contributed by atoms with van der Waals surface area (Å²) in [6.07, 6.45) is 2.15. The Morgan fingerprint density at radius 3 is 3.00 bits per heavy atom. The maximum absolute atomic E-state index is 13.9. The quantitative estimate of drug-likeness (QED) is 0.793. The van der Waals surface area contributed by atoms with Gasteiger partial charge in [0.2, 0.25) is 11.4 Å². The minimum absolute atomic E-state index is 0.0880. The number of fused-ring (bicyclic) bond motifs is 1. The third-order valence-corrected chi connectivity index (χ3v) is 5.28. The Labute approximate surface area is 132 Å². The van der Waals surface area contributed by atoms with E-state index in [9.17, 15) is 18.4 Å². The molecule has 2 aromatic rings. The highest BCUT2D eigenvalue weighted by molar-refractivity contribution is 8.15. The highest BCUT2D eigenvalue weighted by Gasteiger charge is 2.35. The average Bonchev–Trinajstić information content (AvgIpc) is 3.06. The van der Waals surface area contributed by atoms with Gasteiger partial charge in [-0.3, -0.25) is 14.5 Å². The second kappa shape index (κ2) is 5.88. The molecule has 1 fully saturated rings. The van der Waals surface area contributed by atoms with Gasteiger partial charge < -0.3 is 4.52 Å². The van der Waals surface area contributed by atoms with Crippen LogP contribution < -0.4 is 4.90 Å². The molecule has 1 atom stereocenters. The molecule has 1 aromatic heterocycles. The highest BCUT2D eigenvalue weighted by atomic mass is 32.2. The summed E-state index contributed by atoms with van der Waals surface area (Å²) in [4.78, 5) is 24.3. The number of thioether (sulfide) groups is 2. The number of hydrogen-bond donors (Lipinski definition) is 0. The van der Waals surface area contributed by atoms with Crippen molar-refractivity contribution in [2.45, 2.75) is 5.25 Å². The molecule has 2 heterocycles. The van der Waals surface area contributed by atoms with E-state index in [0.29, 0.717) is 6.54 Å². The maximum atomic E-state index is 13.9. The topological polar surface area (TPSA) is 63.4 Å². The first-order valence-electron chi connectivity index (χ1n) is 6.26. The Morgan fingerprint density at radius 2 is 2.32 bits per heavy atom. The smallest absolute Gasteiger partial charge is 0.287 e. The lowest BCUT2D eigenvalue weighted by Crippen LogP contribution is -2.25. The molecule has 0 saturated carbocycles. The first-order valence-corrected chi connectivity index (χ1v) is 8.53. The Morgan fingerprint density at radius 1 is 1.55 bits per heavy atom. The fourth-order valence-electron chi connectivity index (χ4n) is 2.27. The molecule has 0 aliphatic carbocycles. The fraction of sp³-hybridized carbons (Fsp3) is 0.308. The molecule has 1 unspecified atom stereocenters. The molecule has 1 amide bonds. The maximum Gasteiger partial charge on any atom is 0.287 e. The number of benzene rings is 1. The molecule has 1 saturated heterocycles. The molecule has 1 aliphatic rings. The summed E-state index contributed by atoms with van der Waals surface area (Å²) in [6, 6.07) is 1.15. The molecule has 0 bridgehead atoms. The lowest BCUT2D eigenvalue weighted by Gasteiger charge is -2.11. The number of carbonyl (C=O) groups is 2. The van der Waals surface area contributed by atoms with E-state index in [-0.39, 0.29) is 28.0 Å². The number of anilines is 1. The van der Waals surface area contributed by atoms with Gasteiger partial charge in [-0.2, -0.15) is 16.2 Å². The van der Waals surface area contributed by atoms with E-state index in [0.717, 1.165) is 11.8 Å². The Bertz CT molecular complexity index is 765. The van der Waals surface area contributed by atoms with Crippen LogP contribution in [0.3, 0.4) is 0 Å². The number of aromatic nitrogens is 1. The zero-order valence-electron chi connectivity index (χ0n) is 11.3. The van der Waals surface area contributed by atoms with Crippen molar-refractivity contribution in [1.29, 1.82) is 0 Å². The van der Waals surface area contributed by atoms with Crippen LogP contribution in [0.4, 0.5) is 19.4 Å². The normalized spacial score (nSPS) is 18.4. The van der Waals surface area contributed by atoms with Gasteiger partial charge in [-0.15, -0.1) is 0 Å². The van der Waals surface area contributed by atoms with Crippen LogP contribution in [0.5, 0.6) is 0 Å². The van der Waals surface area contributed by atoms with Crippen LogP contribution in [0.1, 0.15) is 10.4 Å². The molecule has 116 valence electrons. The van der Waals surface area contributed by atoms with Crippen LogP contribution >= 0.6 is 23.5 Å². The van der Waals surface area contributed by atoms with Gasteiger partial charge >= 0.3 is 0 Å².